The minimum Gasteiger partial charge on any atom is -0.477 e. The molecule has 2 aliphatic rings. The molecule has 1 aliphatic carbocycles. The zero-order chi connectivity index (χ0) is 17.1. The summed E-state index contributed by atoms with van der Waals surface area (Å²) in [7, 11) is 0. The van der Waals surface area contributed by atoms with E-state index < -0.39 is 0 Å². The molecule has 2 aromatic rings. The maximum absolute atomic E-state index is 12.8. The highest BCUT2D eigenvalue weighted by molar-refractivity contribution is 5.92. The number of amides is 1. The minimum atomic E-state index is -0.00908. The van der Waals surface area contributed by atoms with Gasteiger partial charge in [0.25, 0.3) is 5.91 Å². The van der Waals surface area contributed by atoms with Crippen LogP contribution in [0.4, 0.5) is 0 Å². The van der Waals surface area contributed by atoms with Crippen LogP contribution in [-0.4, -0.2) is 52.7 Å². The van der Waals surface area contributed by atoms with Crippen molar-refractivity contribution in [3.8, 4) is 5.88 Å². The molecular formula is C19H21N3O3. The summed E-state index contributed by atoms with van der Waals surface area (Å²) < 4.78 is 11.7. The largest absolute Gasteiger partial charge is 0.477 e. The van der Waals surface area contributed by atoms with E-state index in [4.69, 9.17) is 9.47 Å². The number of hydrogen-bond acceptors (Lipinski definition) is 5. The molecule has 1 aliphatic heterocycles. The summed E-state index contributed by atoms with van der Waals surface area (Å²) in [6.45, 7) is 1.79. The predicted molar refractivity (Wildman–Crippen MR) is 91.3 cm³/mol. The number of nitrogens with zero attached hydrogens (tertiary/aromatic N) is 3. The summed E-state index contributed by atoms with van der Waals surface area (Å²) in [4.78, 5) is 23.1. The van der Waals surface area contributed by atoms with Gasteiger partial charge >= 0.3 is 0 Å². The Hall–Kier alpha value is -2.47. The molecule has 1 amide bonds. The standard InChI is InChI=1S/C19H21N3O3/c23-19(15-5-1-3-7-20-15)22-9-10-24-17-12-14(11-16(17)22)13-25-18-6-2-4-8-21-18/h1-8,14,16-17H,9-13H2/t14-,16-,17+/m0/s1. The summed E-state index contributed by atoms with van der Waals surface area (Å²) in [5, 5.41) is 0. The lowest BCUT2D eigenvalue weighted by Crippen LogP contribution is -2.51. The number of morpholine rings is 1. The van der Waals surface area contributed by atoms with Crippen LogP contribution in [0.25, 0.3) is 0 Å². The van der Waals surface area contributed by atoms with Gasteiger partial charge in [-0.25, -0.2) is 4.98 Å². The summed E-state index contributed by atoms with van der Waals surface area (Å²) in [5.41, 5.74) is 0.497. The first-order chi connectivity index (χ1) is 12.3. The second-order valence-electron chi connectivity index (χ2n) is 6.51. The predicted octanol–water partition coefficient (Wildman–Crippen LogP) is 2.18. The average Bonchev–Trinajstić information content (AvgIpc) is 3.10. The van der Waals surface area contributed by atoms with E-state index in [2.05, 4.69) is 9.97 Å². The molecule has 2 aromatic heterocycles. The summed E-state index contributed by atoms with van der Waals surface area (Å²) in [6, 6.07) is 11.2. The van der Waals surface area contributed by atoms with Crippen molar-refractivity contribution in [2.75, 3.05) is 19.8 Å². The van der Waals surface area contributed by atoms with E-state index in [0.29, 0.717) is 37.3 Å². The monoisotopic (exact) mass is 339 g/mol. The SMILES string of the molecule is O=C(c1ccccn1)N1CCO[C@@H]2C[C@@H](COc3ccccn3)C[C@@H]21. The number of aromatic nitrogens is 2. The first-order valence-electron chi connectivity index (χ1n) is 8.68. The molecule has 3 atom stereocenters. The average molecular weight is 339 g/mol. The van der Waals surface area contributed by atoms with Gasteiger partial charge in [-0.15, -0.1) is 0 Å². The normalized spacial score (nSPS) is 25.4. The lowest BCUT2D eigenvalue weighted by molar-refractivity contribution is -0.0450. The quantitative estimate of drug-likeness (QED) is 0.854. The fraction of sp³-hybridized carbons (Fsp3) is 0.421. The number of hydrogen-bond donors (Lipinski definition) is 0. The van der Waals surface area contributed by atoms with Gasteiger partial charge in [-0.1, -0.05) is 12.1 Å². The van der Waals surface area contributed by atoms with Crippen LogP contribution in [0.2, 0.25) is 0 Å². The number of carbonyl (C=O) groups is 1. The Balaban J connectivity index is 1.41. The van der Waals surface area contributed by atoms with Gasteiger partial charge in [0, 0.05) is 25.0 Å². The van der Waals surface area contributed by atoms with Crippen LogP contribution < -0.4 is 4.74 Å². The maximum Gasteiger partial charge on any atom is 0.272 e. The topological polar surface area (TPSA) is 64.6 Å². The summed E-state index contributed by atoms with van der Waals surface area (Å²) >= 11 is 0. The van der Waals surface area contributed by atoms with Crippen LogP contribution in [0, 0.1) is 5.92 Å². The van der Waals surface area contributed by atoms with Gasteiger partial charge in [-0.05, 0) is 37.0 Å². The molecule has 0 unspecified atom stereocenters. The van der Waals surface area contributed by atoms with Crippen molar-refractivity contribution in [2.45, 2.75) is 25.0 Å². The van der Waals surface area contributed by atoms with Gasteiger partial charge in [-0.3, -0.25) is 9.78 Å². The zero-order valence-corrected chi connectivity index (χ0v) is 14.0. The second kappa shape index (κ2) is 7.19. The molecule has 130 valence electrons. The third-order valence-electron chi connectivity index (χ3n) is 4.88. The first kappa shape index (κ1) is 16.0. The Kier molecular flexibility index (Phi) is 4.61. The fourth-order valence-electron chi connectivity index (χ4n) is 3.71. The van der Waals surface area contributed by atoms with Crippen molar-refractivity contribution >= 4 is 5.91 Å². The Morgan fingerprint density at radius 1 is 1.16 bits per heavy atom. The van der Waals surface area contributed by atoms with Gasteiger partial charge in [0.2, 0.25) is 5.88 Å². The lowest BCUT2D eigenvalue weighted by atomic mass is 10.1. The number of pyridine rings is 2. The molecule has 0 N–H and O–H groups in total. The van der Waals surface area contributed by atoms with Crippen LogP contribution in [0.15, 0.2) is 48.8 Å². The highest BCUT2D eigenvalue weighted by Gasteiger charge is 2.43. The Labute approximate surface area is 146 Å². The molecule has 1 saturated carbocycles. The molecule has 6 heteroatoms. The van der Waals surface area contributed by atoms with Gasteiger partial charge in [0.1, 0.15) is 5.69 Å². The minimum absolute atomic E-state index is 0.00908. The number of rotatable bonds is 4. The molecule has 0 radical (unpaired) electrons. The van der Waals surface area contributed by atoms with E-state index in [1.165, 1.54) is 0 Å². The van der Waals surface area contributed by atoms with Crippen LogP contribution in [0.1, 0.15) is 23.3 Å². The molecule has 0 aromatic carbocycles. The fourth-order valence-corrected chi connectivity index (χ4v) is 3.71. The van der Waals surface area contributed by atoms with Crippen molar-refractivity contribution in [3.05, 3.63) is 54.5 Å². The van der Waals surface area contributed by atoms with Crippen molar-refractivity contribution in [1.29, 1.82) is 0 Å². The molecule has 25 heavy (non-hydrogen) atoms. The van der Waals surface area contributed by atoms with Gasteiger partial charge in [-0.2, -0.15) is 0 Å². The van der Waals surface area contributed by atoms with Crippen LogP contribution >= 0.6 is 0 Å². The summed E-state index contributed by atoms with van der Waals surface area (Å²) in [6.07, 6.45) is 5.25. The van der Waals surface area contributed by atoms with Gasteiger partial charge in [0.15, 0.2) is 0 Å². The Bertz CT molecular complexity index is 710. The van der Waals surface area contributed by atoms with Crippen molar-refractivity contribution in [1.82, 2.24) is 14.9 Å². The zero-order valence-electron chi connectivity index (χ0n) is 14.0. The highest BCUT2D eigenvalue weighted by Crippen LogP contribution is 2.35. The lowest BCUT2D eigenvalue weighted by Gasteiger charge is -2.37. The van der Waals surface area contributed by atoms with Gasteiger partial charge in [0.05, 0.1) is 25.4 Å². The van der Waals surface area contributed by atoms with E-state index in [-0.39, 0.29) is 18.1 Å². The molecular weight excluding hydrogens is 318 g/mol. The maximum atomic E-state index is 12.8. The van der Waals surface area contributed by atoms with Gasteiger partial charge < -0.3 is 14.4 Å². The summed E-state index contributed by atoms with van der Waals surface area (Å²) in [5.74, 6) is 0.985. The van der Waals surface area contributed by atoms with Crippen LogP contribution in [0.3, 0.4) is 0 Å². The van der Waals surface area contributed by atoms with E-state index in [9.17, 15) is 4.79 Å². The van der Waals surface area contributed by atoms with E-state index in [1.807, 2.05) is 35.2 Å². The first-order valence-corrected chi connectivity index (χ1v) is 8.68. The Morgan fingerprint density at radius 3 is 2.76 bits per heavy atom. The van der Waals surface area contributed by atoms with Crippen molar-refractivity contribution < 1.29 is 14.3 Å². The molecule has 4 rings (SSSR count). The third-order valence-corrected chi connectivity index (χ3v) is 4.88. The molecule has 1 saturated heterocycles. The van der Waals surface area contributed by atoms with Crippen LogP contribution in [0.5, 0.6) is 5.88 Å². The Morgan fingerprint density at radius 2 is 2.00 bits per heavy atom. The van der Waals surface area contributed by atoms with Crippen molar-refractivity contribution in [2.24, 2.45) is 5.92 Å². The smallest absolute Gasteiger partial charge is 0.272 e. The van der Waals surface area contributed by atoms with E-state index in [1.54, 1.807) is 18.5 Å². The molecule has 3 heterocycles. The van der Waals surface area contributed by atoms with E-state index >= 15 is 0 Å². The third kappa shape index (κ3) is 3.49. The molecule has 6 nitrogen and oxygen atoms in total. The highest BCUT2D eigenvalue weighted by atomic mass is 16.5. The van der Waals surface area contributed by atoms with Crippen LogP contribution in [-0.2, 0) is 4.74 Å². The van der Waals surface area contributed by atoms with E-state index in [0.717, 1.165) is 12.8 Å². The number of fused-ring (bicyclic) bond motifs is 1. The molecule has 0 spiro atoms. The van der Waals surface area contributed by atoms with Crippen molar-refractivity contribution in [3.63, 3.8) is 0 Å². The molecule has 2 fully saturated rings. The number of carbonyl (C=O) groups excluding carboxylic acids is 1. The number of ether oxygens (including phenoxy) is 2. The molecule has 0 bridgehead atoms. The second-order valence-corrected chi connectivity index (χ2v) is 6.51.